The van der Waals surface area contributed by atoms with E-state index in [0.29, 0.717) is 5.82 Å². The van der Waals surface area contributed by atoms with Gasteiger partial charge in [-0.15, -0.1) is 0 Å². The van der Waals surface area contributed by atoms with E-state index in [1.165, 1.54) is 0 Å². The first kappa shape index (κ1) is 13.8. The molecule has 0 aliphatic rings. The summed E-state index contributed by atoms with van der Waals surface area (Å²) in [5.74, 6) is -0.679. The van der Waals surface area contributed by atoms with Crippen LogP contribution >= 0.6 is 11.8 Å². The number of carboxylic acid groups (broad SMARTS) is 1. The first-order chi connectivity index (χ1) is 7.97. The average Bonchev–Trinajstić information content (AvgIpc) is 2.28. The number of carboxylic acids is 1. The second-order valence-corrected chi connectivity index (χ2v) is 4.66. The van der Waals surface area contributed by atoms with Crippen LogP contribution in [0.4, 0.5) is 10.2 Å². The monoisotopic (exact) mass is 258 g/mol. The number of pyridine rings is 1. The number of aromatic carboxylic acids is 1. The van der Waals surface area contributed by atoms with E-state index in [1.807, 2.05) is 13.2 Å². The number of hydrogen-bond acceptors (Lipinski definition) is 4. The standard InChI is InChI=1S/C11H15FN2O2S/c1-7(6-17-3)14(2)10-9(11(15)16)4-8(12)5-13-10/h4-5,7H,6H2,1-3H3,(H,15,16). The third-order valence-corrected chi connectivity index (χ3v) is 3.28. The van der Waals surface area contributed by atoms with Gasteiger partial charge in [0.1, 0.15) is 17.2 Å². The van der Waals surface area contributed by atoms with Gasteiger partial charge in [-0.25, -0.2) is 14.2 Å². The van der Waals surface area contributed by atoms with Gasteiger partial charge in [-0.05, 0) is 19.2 Å². The van der Waals surface area contributed by atoms with Crippen LogP contribution in [-0.4, -0.2) is 41.2 Å². The van der Waals surface area contributed by atoms with Gasteiger partial charge >= 0.3 is 5.97 Å². The molecule has 0 saturated heterocycles. The van der Waals surface area contributed by atoms with Crippen molar-refractivity contribution in [3.8, 4) is 0 Å². The second-order valence-electron chi connectivity index (χ2n) is 3.75. The minimum atomic E-state index is -1.17. The van der Waals surface area contributed by atoms with Crippen molar-refractivity contribution >= 4 is 23.5 Å². The molecule has 0 aliphatic heterocycles. The zero-order valence-electron chi connectivity index (χ0n) is 9.98. The summed E-state index contributed by atoms with van der Waals surface area (Å²) in [4.78, 5) is 16.6. The summed E-state index contributed by atoms with van der Waals surface area (Å²) in [6.45, 7) is 1.97. The van der Waals surface area contributed by atoms with Gasteiger partial charge in [0, 0.05) is 18.8 Å². The molecule has 0 aliphatic carbocycles. The molecule has 17 heavy (non-hydrogen) atoms. The maximum Gasteiger partial charge on any atom is 0.339 e. The Hall–Kier alpha value is -1.30. The largest absolute Gasteiger partial charge is 0.478 e. The zero-order valence-corrected chi connectivity index (χ0v) is 10.8. The highest BCUT2D eigenvalue weighted by Gasteiger charge is 2.19. The molecule has 1 atom stereocenters. The van der Waals surface area contributed by atoms with Gasteiger partial charge < -0.3 is 10.0 Å². The lowest BCUT2D eigenvalue weighted by molar-refractivity contribution is 0.0696. The lowest BCUT2D eigenvalue weighted by atomic mass is 10.2. The minimum absolute atomic E-state index is 0.111. The molecule has 0 amide bonds. The van der Waals surface area contributed by atoms with E-state index >= 15 is 0 Å². The summed E-state index contributed by atoms with van der Waals surface area (Å²) in [6, 6.07) is 1.12. The number of rotatable bonds is 5. The molecule has 0 aromatic carbocycles. The van der Waals surface area contributed by atoms with Gasteiger partial charge in [0.05, 0.1) is 6.20 Å². The van der Waals surface area contributed by atoms with Crippen LogP contribution in [0.25, 0.3) is 0 Å². The lowest BCUT2D eigenvalue weighted by Gasteiger charge is -2.26. The molecule has 1 N–H and O–H groups in total. The highest BCUT2D eigenvalue weighted by molar-refractivity contribution is 7.98. The van der Waals surface area contributed by atoms with E-state index in [9.17, 15) is 9.18 Å². The van der Waals surface area contributed by atoms with E-state index in [2.05, 4.69) is 4.98 Å². The van der Waals surface area contributed by atoms with Crippen LogP contribution in [0.2, 0.25) is 0 Å². The minimum Gasteiger partial charge on any atom is -0.478 e. The van der Waals surface area contributed by atoms with Gasteiger partial charge in [-0.3, -0.25) is 0 Å². The van der Waals surface area contributed by atoms with Crippen molar-refractivity contribution in [1.82, 2.24) is 4.98 Å². The SMILES string of the molecule is CSCC(C)N(C)c1ncc(F)cc1C(=O)O. The Morgan fingerprint density at radius 1 is 1.71 bits per heavy atom. The molecule has 1 heterocycles. The Morgan fingerprint density at radius 2 is 2.35 bits per heavy atom. The molecule has 0 radical (unpaired) electrons. The smallest absolute Gasteiger partial charge is 0.339 e. The Labute approximate surface area is 104 Å². The summed E-state index contributed by atoms with van der Waals surface area (Å²) < 4.78 is 13.0. The third kappa shape index (κ3) is 3.33. The van der Waals surface area contributed by atoms with E-state index in [-0.39, 0.29) is 11.6 Å². The molecule has 0 fully saturated rings. The van der Waals surface area contributed by atoms with Gasteiger partial charge in [-0.1, -0.05) is 0 Å². The molecular weight excluding hydrogens is 243 g/mol. The summed E-state index contributed by atoms with van der Waals surface area (Å²) in [6.07, 6.45) is 3.00. The molecule has 4 nitrogen and oxygen atoms in total. The van der Waals surface area contributed by atoms with E-state index in [4.69, 9.17) is 5.11 Å². The van der Waals surface area contributed by atoms with Crippen LogP contribution in [0, 0.1) is 5.82 Å². The van der Waals surface area contributed by atoms with Crippen molar-refractivity contribution in [3.63, 3.8) is 0 Å². The van der Waals surface area contributed by atoms with Crippen molar-refractivity contribution < 1.29 is 14.3 Å². The number of halogens is 1. The average molecular weight is 258 g/mol. The molecule has 0 saturated carbocycles. The first-order valence-corrected chi connectivity index (χ1v) is 6.47. The number of carbonyl (C=O) groups is 1. The predicted molar refractivity (Wildman–Crippen MR) is 67.4 cm³/mol. The van der Waals surface area contributed by atoms with Gasteiger partial charge in [-0.2, -0.15) is 11.8 Å². The molecule has 1 aromatic heterocycles. The Kier molecular flexibility index (Phi) is 4.74. The summed E-state index contributed by atoms with van der Waals surface area (Å²) in [7, 11) is 1.76. The highest BCUT2D eigenvalue weighted by atomic mass is 32.2. The fraction of sp³-hybridized carbons (Fsp3) is 0.455. The normalized spacial score (nSPS) is 12.2. The van der Waals surface area contributed by atoms with Gasteiger partial charge in [0.25, 0.3) is 0 Å². The topological polar surface area (TPSA) is 53.4 Å². The van der Waals surface area contributed by atoms with Crippen molar-refractivity contribution in [2.24, 2.45) is 0 Å². The van der Waals surface area contributed by atoms with E-state index < -0.39 is 11.8 Å². The van der Waals surface area contributed by atoms with Crippen LogP contribution in [0.1, 0.15) is 17.3 Å². The first-order valence-electron chi connectivity index (χ1n) is 5.08. The fourth-order valence-corrected chi connectivity index (χ4v) is 2.14. The number of hydrogen-bond donors (Lipinski definition) is 1. The number of nitrogens with zero attached hydrogens (tertiary/aromatic N) is 2. The summed E-state index contributed by atoms with van der Waals surface area (Å²) in [5, 5.41) is 9.01. The molecule has 1 rings (SSSR count). The van der Waals surface area contributed by atoms with E-state index in [0.717, 1.165) is 18.0 Å². The van der Waals surface area contributed by atoms with Crippen molar-refractivity contribution in [2.45, 2.75) is 13.0 Å². The molecule has 1 unspecified atom stereocenters. The van der Waals surface area contributed by atoms with Crippen LogP contribution in [0.15, 0.2) is 12.3 Å². The highest BCUT2D eigenvalue weighted by Crippen LogP contribution is 2.20. The predicted octanol–water partition coefficient (Wildman–Crippen LogP) is 2.11. The van der Waals surface area contributed by atoms with Crippen molar-refractivity contribution in [3.05, 3.63) is 23.6 Å². The molecule has 0 spiro atoms. The maximum atomic E-state index is 13.0. The van der Waals surface area contributed by atoms with Crippen LogP contribution in [-0.2, 0) is 0 Å². The van der Waals surface area contributed by atoms with Crippen LogP contribution < -0.4 is 4.90 Å². The Bertz CT molecular complexity index is 414. The maximum absolute atomic E-state index is 13.0. The van der Waals surface area contributed by atoms with Crippen molar-refractivity contribution in [2.75, 3.05) is 24.0 Å². The lowest BCUT2D eigenvalue weighted by Crippen LogP contribution is -2.33. The number of anilines is 1. The molecule has 6 heteroatoms. The fourth-order valence-electron chi connectivity index (χ4n) is 1.43. The molecule has 1 aromatic rings. The number of aromatic nitrogens is 1. The molecular formula is C11H15FN2O2S. The third-order valence-electron chi connectivity index (χ3n) is 2.47. The summed E-state index contributed by atoms with van der Waals surface area (Å²) in [5.41, 5.74) is -0.111. The Morgan fingerprint density at radius 3 is 2.88 bits per heavy atom. The molecule has 94 valence electrons. The zero-order chi connectivity index (χ0) is 13.0. The van der Waals surface area contributed by atoms with Gasteiger partial charge in [0.15, 0.2) is 0 Å². The van der Waals surface area contributed by atoms with Gasteiger partial charge in [0.2, 0.25) is 0 Å². The molecule has 0 bridgehead atoms. The van der Waals surface area contributed by atoms with Crippen LogP contribution in [0.3, 0.4) is 0 Å². The van der Waals surface area contributed by atoms with Crippen molar-refractivity contribution in [1.29, 1.82) is 0 Å². The summed E-state index contributed by atoms with van der Waals surface area (Å²) >= 11 is 1.66. The van der Waals surface area contributed by atoms with Crippen LogP contribution in [0.5, 0.6) is 0 Å². The Balaban J connectivity index is 3.08. The number of thioether (sulfide) groups is 1. The van der Waals surface area contributed by atoms with E-state index in [1.54, 1.807) is 23.7 Å². The second kappa shape index (κ2) is 5.86. The quantitative estimate of drug-likeness (QED) is 0.876.